The molecule has 0 saturated heterocycles. The third-order valence-corrected chi connectivity index (χ3v) is 3.70. The summed E-state index contributed by atoms with van der Waals surface area (Å²) in [7, 11) is 0. The van der Waals surface area contributed by atoms with E-state index in [2.05, 4.69) is 15.1 Å². The molecule has 0 aliphatic heterocycles. The predicted molar refractivity (Wildman–Crippen MR) is 88.3 cm³/mol. The van der Waals surface area contributed by atoms with Gasteiger partial charge in [0.25, 0.3) is 5.56 Å². The van der Waals surface area contributed by atoms with E-state index in [0.29, 0.717) is 12.1 Å². The summed E-state index contributed by atoms with van der Waals surface area (Å²) in [5.41, 5.74) is 4.16. The van der Waals surface area contributed by atoms with Gasteiger partial charge in [-0.15, -0.1) is 0 Å². The zero-order valence-corrected chi connectivity index (χ0v) is 12.3. The van der Waals surface area contributed by atoms with Crippen molar-refractivity contribution >= 4 is 5.65 Å². The fourth-order valence-corrected chi connectivity index (χ4v) is 2.61. The van der Waals surface area contributed by atoms with Crippen molar-refractivity contribution in [1.29, 1.82) is 0 Å². The summed E-state index contributed by atoms with van der Waals surface area (Å²) in [6.45, 7) is 0. The zero-order chi connectivity index (χ0) is 15.6. The Bertz CT molecular complexity index is 1000. The van der Waals surface area contributed by atoms with Gasteiger partial charge in [0.15, 0.2) is 5.65 Å². The fourth-order valence-electron chi connectivity index (χ4n) is 2.61. The first-order valence-electron chi connectivity index (χ1n) is 7.36. The van der Waals surface area contributed by atoms with Crippen molar-refractivity contribution in [3.05, 3.63) is 88.6 Å². The molecule has 0 spiro atoms. The molecule has 4 rings (SSSR count). The Hall–Kier alpha value is -3.21. The Morgan fingerprint density at radius 2 is 1.91 bits per heavy atom. The second kappa shape index (κ2) is 5.53. The fraction of sp³-hybridized carbons (Fsp3) is 0.0556. The lowest BCUT2D eigenvalue weighted by Crippen LogP contribution is -2.15. The van der Waals surface area contributed by atoms with Crippen LogP contribution in [-0.4, -0.2) is 19.6 Å². The Kier molecular flexibility index (Phi) is 3.24. The molecular weight excluding hydrogens is 288 g/mol. The number of pyridine rings is 1. The largest absolute Gasteiger partial charge is 0.289 e. The molecule has 1 N–H and O–H groups in total. The highest BCUT2D eigenvalue weighted by Gasteiger charge is 2.08. The maximum absolute atomic E-state index is 12.3. The Labute approximate surface area is 132 Å². The Morgan fingerprint density at radius 1 is 1.04 bits per heavy atom. The number of hydrogen-bond acceptors (Lipinski definition) is 3. The number of benzene rings is 1. The van der Waals surface area contributed by atoms with E-state index in [1.807, 2.05) is 48.5 Å². The molecule has 3 heterocycles. The van der Waals surface area contributed by atoms with Crippen molar-refractivity contribution < 1.29 is 0 Å². The van der Waals surface area contributed by atoms with Gasteiger partial charge >= 0.3 is 0 Å². The van der Waals surface area contributed by atoms with Gasteiger partial charge in [-0.05, 0) is 17.2 Å². The SMILES string of the molecule is O=c1cc(Cc2cccnc2)nc2cc(-c3ccccc3)[nH]n12. The van der Waals surface area contributed by atoms with Gasteiger partial charge < -0.3 is 0 Å². The van der Waals surface area contributed by atoms with E-state index < -0.39 is 0 Å². The lowest BCUT2D eigenvalue weighted by atomic mass is 10.1. The van der Waals surface area contributed by atoms with Gasteiger partial charge in [0.05, 0.1) is 11.4 Å². The number of aromatic amines is 1. The molecule has 4 aromatic rings. The molecule has 0 atom stereocenters. The van der Waals surface area contributed by atoms with Crippen molar-refractivity contribution in [2.75, 3.05) is 0 Å². The number of rotatable bonds is 3. The first kappa shape index (κ1) is 13.5. The summed E-state index contributed by atoms with van der Waals surface area (Å²) in [6.07, 6.45) is 4.11. The minimum absolute atomic E-state index is 0.115. The molecule has 0 aliphatic carbocycles. The average Bonchev–Trinajstić information content (AvgIpc) is 3.01. The van der Waals surface area contributed by atoms with E-state index >= 15 is 0 Å². The average molecular weight is 302 g/mol. The van der Waals surface area contributed by atoms with Crippen LogP contribution in [0.15, 0.2) is 71.8 Å². The Morgan fingerprint density at radius 3 is 2.70 bits per heavy atom. The predicted octanol–water partition coefficient (Wildman–Crippen LogP) is 2.68. The molecule has 5 heteroatoms. The quantitative estimate of drug-likeness (QED) is 0.633. The van der Waals surface area contributed by atoms with Crippen LogP contribution in [0.5, 0.6) is 0 Å². The van der Waals surface area contributed by atoms with Gasteiger partial charge in [0.2, 0.25) is 0 Å². The molecule has 5 nitrogen and oxygen atoms in total. The zero-order valence-electron chi connectivity index (χ0n) is 12.3. The van der Waals surface area contributed by atoms with Crippen LogP contribution in [-0.2, 0) is 6.42 Å². The molecule has 112 valence electrons. The van der Waals surface area contributed by atoms with Crippen LogP contribution < -0.4 is 5.56 Å². The highest BCUT2D eigenvalue weighted by atomic mass is 16.1. The number of hydrogen-bond donors (Lipinski definition) is 1. The molecule has 0 fully saturated rings. The van der Waals surface area contributed by atoms with Gasteiger partial charge in [-0.25, -0.2) is 9.50 Å². The van der Waals surface area contributed by atoms with Gasteiger partial charge in [-0.1, -0.05) is 36.4 Å². The lowest BCUT2D eigenvalue weighted by molar-refractivity contribution is 0.883. The minimum atomic E-state index is -0.115. The summed E-state index contributed by atoms with van der Waals surface area (Å²) in [4.78, 5) is 21.0. The van der Waals surface area contributed by atoms with Crippen LogP contribution in [0.3, 0.4) is 0 Å². The van der Waals surface area contributed by atoms with Crippen LogP contribution in [0, 0.1) is 0 Å². The summed E-state index contributed by atoms with van der Waals surface area (Å²) in [6, 6.07) is 17.2. The lowest BCUT2D eigenvalue weighted by Gasteiger charge is -2.00. The molecule has 0 radical (unpaired) electrons. The van der Waals surface area contributed by atoms with Crippen molar-refractivity contribution in [2.45, 2.75) is 6.42 Å². The van der Waals surface area contributed by atoms with E-state index in [9.17, 15) is 4.79 Å². The molecule has 0 aliphatic rings. The first-order chi connectivity index (χ1) is 11.3. The second-order valence-corrected chi connectivity index (χ2v) is 5.35. The second-order valence-electron chi connectivity index (χ2n) is 5.35. The molecule has 0 saturated carbocycles. The maximum Gasteiger partial charge on any atom is 0.272 e. The normalized spacial score (nSPS) is 11.0. The maximum atomic E-state index is 12.3. The first-order valence-corrected chi connectivity index (χ1v) is 7.36. The monoisotopic (exact) mass is 302 g/mol. The topological polar surface area (TPSA) is 63.0 Å². The highest BCUT2D eigenvalue weighted by molar-refractivity contribution is 5.63. The van der Waals surface area contributed by atoms with E-state index in [-0.39, 0.29) is 5.56 Å². The van der Waals surface area contributed by atoms with E-state index in [0.717, 1.165) is 22.5 Å². The Balaban J connectivity index is 1.77. The molecule has 0 unspecified atom stereocenters. The van der Waals surface area contributed by atoms with Crippen LogP contribution in [0.4, 0.5) is 0 Å². The van der Waals surface area contributed by atoms with Gasteiger partial charge in [-0.3, -0.25) is 14.9 Å². The van der Waals surface area contributed by atoms with E-state index in [4.69, 9.17) is 0 Å². The van der Waals surface area contributed by atoms with E-state index in [1.165, 1.54) is 4.52 Å². The summed E-state index contributed by atoms with van der Waals surface area (Å²) in [5, 5.41) is 3.10. The standard InChI is InChI=1S/C18H14N4O/c23-18-10-15(9-13-5-4-8-19-12-13)20-17-11-16(21-22(17)18)14-6-2-1-3-7-14/h1-8,10-12,21H,9H2. The van der Waals surface area contributed by atoms with Crippen molar-refractivity contribution in [3.63, 3.8) is 0 Å². The summed E-state index contributed by atoms with van der Waals surface area (Å²) < 4.78 is 1.47. The number of nitrogens with one attached hydrogen (secondary N) is 1. The minimum Gasteiger partial charge on any atom is -0.289 e. The number of fused-ring (bicyclic) bond motifs is 1. The highest BCUT2D eigenvalue weighted by Crippen LogP contribution is 2.18. The van der Waals surface area contributed by atoms with Gasteiger partial charge in [-0.2, -0.15) is 0 Å². The van der Waals surface area contributed by atoms with Gasteiger partial charge in [0, 0.05) is 30.9 Å². The number of aromatic nitrogens is 4. The molecule has 23 heavy (non-hydrogen) atoms. The van der Waals surface area contributed by atoms with Crippen molar-refractivity contribution in [3.8, 4) is 11.3 Å². The third-order valence-electron chi connectivity index (χ3n) is 3.70. The van der Waals surface area contributed by atoms with Crippen LogP contribution in [0.1, 0.15) is 11.3 Å². The molecule has 3 aromatic heterocycles. The molecular formula is C18H14N4O. The van der Waals surface area contributed by atoms with Crippen LogP contribution in [0.25, 0.3) is 16.9 Å². The third kappa shape index (κ3) is 2.64. The van der Waals surface area contributed by atoms with Crippen molar-refractivity contribution in [2.24, 2.45) is 0 Å². The summed E-state index contributed by atoms with van der Waals surface area (Å²) in [5.74, 6) is 0. The molecule has 1 aromatic carbocycles. The van der Waals surface area contributed by atoms with Crippen LogP contribution in [0.2, 0.25) is 0 Å². The molecule has 0 amide bonds. The number of H-pyrrole nitrogens is 1. The number of nitrogens with zero attached hydrogens (tertiary/aromatic N) is 3. The van der Waals surface area contributed by atoms with Crippen LogP contribution >= 0.6 is 0 Å². The van der Waals surface area contributed by atoms with Crippen molar-refractivity contribution in [1.82, 2.24) is 19.6 Å². The summed E-state index contributed by atoms with van der Waals surface area (Å²) >= 11 is 0. The van der Waals surface area contributed by atoms with Gasteiger partial charge in [0.1, 0.15) is 0 Å². The smallest absolute Gasteiger partial charge is 0.272 e. The van der Waals surface area contributed by atoms with E-state index in [1.54, 1.807) is 18.5 Å². The molecule has 0 bridgehead atoms.